The Morgan fingerprint density at radius 2 is 2.20 bits per heavy atom. The third-order valence-corrected chi connectivity index (χ3v) is 0.898. The highest BCUT2D eigenvalue weighted by atomic mass is 16.4. The van der Waals surface area contributed by atoms with Crippen molar-refractivity contribution in [3.8, 4) is 0 Å². The molecule has 10 heavy (non-hydrogen) atoms. The maximum atomic E-state index is 8.13. The molecule has 1 rings (SSSR count). The largest absolute Gasteiger partial charge is 0.409 e. The SMILES string of the molecule is NC(Cn1nccn1)=NO. The summed E-state index contributed by atoms with van der Waals surface area (Å²) in [7, 11) is 0. The summed E-state index contributed by atoms with van der Waals surface area (Å²) in [4.78, 5) is 1.31. The topological polar surface area (TPSA) is 89.3 Å². The fourth-order valence-corrected chi connectivity index (χ4v) is 0.502. The Morgan fingerprint density at radius 1 is 1.60 bits per heavy atom. The van der Waals surface area contributed by atoms with E-state index in [9.17, 15) is 0 Å². The zero-order chi connectivity index (χ0) is 7.40. The van der Waals surface area contributed by atoms with E-state index in [4.69, 9.17) is 10.9 Å². The monoisotopic (exact) mass is 141 g/mol. The molecule has 0 saturated carbocycles. The van der Waals surface area contributed by atoms with Crippen molar-refractivity contribution in [2.45, 2.75) is 6.54 Å². The van der Waals surface area contributed by atoms with Gasteiger partial charge in [0.2, 0.25) is 0 Å². The minimum Gasteiger partial charge on any atom is -0.409 e. The molecule has 0 aliphatic rings. The zero-order valence-electron chi connectivity index (χ0n) is 5.18. The lowest BCUT2D eigenvalue weighted by Crippen LogP contribution is -2.20. The summed E-state index contributed by atoms with van der Waals surface area (Å²) in [5.41, 5.74) is 5.16. The molecule has 0 atom stereocenters. The minimum atomic E-state index is 0.0798. The number of aromatic nitrogens is 3. The van der Waals surface area contributed by atoms with Gasteiger partial charge in [-0.2, -0.15) is 15.0 Å². The molecule has 1 aromatic heterocycles. The van der Waals surface area contributed by atoms with Gasteiger partial charge in [0.25, 0.3) is 0 Å². The van der Waals surface area contributed by atoms with E-state index in [0.29, 0.717) is 0 Å². The molecule has 1 aromatic rings. The Hall–Kier alpha value is -1.59. The summed E-state index contributed by atoms with van der Waals surface area (Å²) >= 11 is 0. The second-order valence-corrected chi connectivity index (χ2v) is 1.65. The van der Waals surface area contributed by atoms with E-state index in [2.05, 4.69) is 15.4 Å². The standard InChI is InChI=1S/C4H7N5O/c5-4(8-10)3-9-6-1-2-7-9/h1-2,10H,3H2,(H2,5,8). The van der Waals surface area contributed by atoms with Gasteiger partial charge in [0, 0.05) is 0 Å². The van der Waals surface area contributed by atoms with E-state index in [1.165, 1.54) is 17.2 Å². The first kappa shape index (κ1) is 6.53. The summed E-state index contributed by atoms with van der Waals surface area (Å²) in [6, 6.07) is 0. The van der Waals surface area contributed by atoms with E-state index in [0.717, 1.165) is 0 Å². The molecule has 6 nitrogen and oxygen atoms in total. The van der Waals surface area contributed by atoms with Gasteiger partial charge in [0.1, 0.15) is 6.54 Å². The Kier molecular flexibility index (Phi) is 1.83. The van der Waals surface area contributed by atoms with Crippen LogP contribution in [0.2, 0.25) is 0 Å². The number of oxime groups is 1. The van der Waals surface area contributed by atoms with Crippen molar-refractivity contribution in [1.29, 1.82) is 0 Å². The molecule has 6 heteroatoms. The molecule has 0 fully saturated rings. The van der Waals surface area contributed by atoms with Crippen LogP contribution in [0.25, 0.3) is 0 Å². The molecule has 0 aromatic carbocycles. The van der Waals surface area contributed by atoms with Gasteiger partial charge in [-0.15, -0.1) is 0 Å². The number of rotatable bonds is 2. The van der Waals surface area contributed by atoms with Crippen molar-refractivity contribution in [2.75, 3.05) is 0 Å². The highest BCUT2D eigenvalue weighted by Crippen LogP contribution is 1.77. The lowest BCUT2D eigenvalue weighted by molar-refractivity contribution is 0.315. The molecule has 0 aliphatic carbocycles. The highest BCUT2D eigenvalue weighted by molar-refractivity contribution is 5.79. The van der Waals surface area contributed by atoms with E-state index in [-0.39, 0.29) is 12.4 Å². The predicted octanol–water partition coefficient (Wildman–Crippen LogP) is -0.976. The Morgan fingerprint density at radius 3 is 2.70 bits per heavy atom. The van der Waals surface area contributed by atoms with E-state index >= 15 is 0 Å². The Bertz CT molecular complexity index is 216. The minimum absolute atomic E-state index is 0.0798. The third-order valence-electron chi connectivity index (χ3n) is 0.898. The van der Waals surface area contributed by atoms with Gasteiger partial charge in [-0.3, -0.25) is 0 Å². The second-order valence-electron chi connectivity index (χ2n) is 1.65. The summed E-state index contributed by atoms with van der Waals surface area (Å²) < 4.78 is 0. The average molecular weight is 141 g/mol. The van der Waals surface area contributed by atoms with E-state index in [1.807, 2.05) is 0 Å². The molecule has 0 radical (unpaired) electrons. The van der Waals surface area contributed by atoms with Crippen LogP contribution < -0.4 is 5.73 Å². The van der Waals surface area contributed by atoms with E-state index in [1.54, 1.807) is 0 Å². The molecular formula is C4H7N5O. The van der Waals surface area contributed by atoms with Gasteiger partial charge < -0.3 is 10.9 Å². The van der Waals surface area contributed by atoms with Crippen molar-refractivity contribution in [3.05, 3.63) is 12.4 Å². The van der Waals surface area contributed by atoms with Gasteiger partial charge in [-0.1, -0.05) is 5.16 Å². The molecule has 0 amide bonds. The maximum absolute atomic E-state index is 8.13. The van der Waals surface area contributed by atoms with Crippen molar-refractivity contribution >= 4 is 5.84 Å². The Labute approximate surface area is 56.9 Å². The molecule has 0 aliphatic heterocycles. The van der Waals surface area contributed by atoms with Crippen LogP contribution in [0.1, 0.15) is 0 Å². The van der Waals surface area contributed by atoms with Crippen LogP contribution in [0.5, 0.6) is 0 Å². The summed E-state index contributed by atoms with van der Waals surface area (Å²) in [5, 5.41) is 18.4. The number of nitrogens with two attached hydrogens (primary N) is 1. The van der Waals surface area contributed by atoms with Crippen molar-refractivity contribution < 1.29 is 5.21 Å². The van der Waals surface area contributed by atoms with Gasteiger partial charge in [0.15, 0.2) is 5.84 Å². The first-order valence-corrected chi connectivity index (χ1v) is 2.63. The molecule has 1 heterocycles. The van der Waals surface area contributed by atoms with Crippen molar-refractivity contribution in [1.82, 2.24) is 15.0 Å². The maximum Gasteiger partial charge on any atom is 0.162 e. The smallest absolute Gasteiger partial charge is 0.162 e. The van der Waals surface area contributed by atoms with Crippen LogP contribution in [-0.2, 0) is 6.54 Å². The fourth-order valence-electron chi connectivity index (χ4n) is 0.502. The zero-order valence-corrected chi connectivity index (χ0v) is 5.18. The first-order valence-electron chi connectivity index (χ1n) is 2.63. The van der Waals surface area contributed by atoms with Crippen molar-refractivity contribution in [2.24, 2.45) is 10.9 Å². The molecule has 54 valence electrons. The van der Waals surface area contributed by atoms with Gasteiger partial charge in [0.05, 0.1) is 12.4 Å². The second kappa shape index (κ2) is 2.81. The van der Waals surface area contributed by atoms with Crippen LogP contribution >= 0.6 is 0 Å². The number of amidine groups is 1. The normalized spacial score (nSPS) is 11.8. The van der Waals surface area contributed by atoms with Gasteiger partial charge in [-0.05, 0) is 0 Å². The quantitative estimate of drug-likeness (QED) is 0.240. The summed E-state index contributed by atoms with van der Waals surface area (Å²) in [5.74, 6) is 0.0798. The van der Waals surface area contributed by atoms with Gasteiger partial charge >= 0.3 is 0 Å². The molecule has 0 unspecified atom stereocenters. The summed E-state index contributed by atoms with van der Waals surface area (Å²) in [6.45, 7) is 0.212. The highest BCUT2D eigenvalue weighted by Gasteiger charge is 1.94. The first-order chi connectivity index (χ1) is 4.83. The number of hydrogen-bond donors (Lipinski definition) is 2. The van der Waals surface area contributed by atoms with Gasteiger partial charge in [-0.25, -0.2) is 0 Å². The van der Waals surface area contributed by atoms with Crippen LogP contribution in [0.4, 0.5) is 0 Å². The predicted molar refractivity (Wildman–Crippen MR) is 33.4 cm³/mol. The van der Waals surface area contributed by atoms with Crippen LogP contribution in [0.3, 0.4) is 0 Å². The van der Waals surface area contributed by atoms with Crippen LogP contribution in [0, 0.1) is 0 Å². The van der Waals surface area contributed by atoms with Crippen LogP contribution in [-0.4, -0.2) is 26.0 Å². The average Bonchev–Trinajstić information content (AvgIpc) is 2.40. The van der Waals surface area contributed by atoms with Crippen LogP contribution in [0.15, 0.2) is 17.5 Å². The lowest BCUT2D eigenvalue weighted by atomic mass is 10.6. The van der Waals surface area contributed by atoms with E-state index < -0.39 is 0 Å². The summed E-state index contributed by atoms with van der Waals surface area (Å²) in [6.07, 6.45) is 3.04. The Balaban J connectivity index is 2.56. The molecular weight excluding hydrogens is 134 g/mol. The van der Waals surface area contributed by atoms with Crippen molar-refractivity contribution in [3.63, 3.8) is 0 Å². The lowest BCUT2D eigenvalue weighted by Gasteiger charge is -1.94. The number of hydrogen-bond acceptors (Lipinski definition) is 4. The molecule has 0 saturated heterocycles. The third kappa shape index (κ3) is 1.44. The number of nitrogens with zero attached hydrogens (tertiary/aromatic N) is 4. The molecule has 0 bridgehead atoms. The molecule has 3 N–H and O–H groups in total. The fraction of sp³-hybridized carbons (Fsp3) is 0.250. The molecule has 0 spiro atoms.